The number of amides is 1. The summed E-state index contributed by atoms with van der Waals surface area (Å²) in [6.07, 6.45) is 8.33. The molecule has 2 aromatic carbocycles. The number of aryl methyl sites for hydroxylation is 1. The van der Waals surface area contributed by atoms with Gasteiger partial charge in [-0.2, -0.15) is 0 Å². The van der Waals surface area contributed by atoms with Gasteiger partial charge in [-0.25, -0.2) is 4.39 Å². The first-order valence-corrected chi connectivity index (χ1v) is 12.8. The molecule has 0 bridgehead atoms. The Morgan fingerprint density at radius 3 is 2.44 bits per heavy atom. The molecule has 6 rings (SSSR count). The highest BCUT2D eigenvalue weighted by Crippen LogP contribution is 2.42. The molecule has 2 saturated heterocycles. The highest BCUT2D eigenvalue weighted by molar-refractivity contribution is 5.95. The molecule has 34 heavy (non-hydrogen) atoms. The van der Waals surface area contributed by atoms with Gasteiger partial charge in [0.2, 0.25) is 0 Å². The highest BCUT2D eigenvalue weighted by Gasteiger charge is 2.41. The van der Waals surface area contributed by atoms with Gasteiger partial charge < -0.3 is 19.6 Å². The van der Waals surface area contributed by atoms with Crippen LogP contribution in [0.25, 0.3) is 11.1 Å². The minimum absolute atomic E-state index is 0.0357. The first-order chi connectivity index (χ1) is 16.5. The number of fused-ring (bicyclic) bond motifs is 1. The number of nitrogens with zero attached hydrogens (tertiary/aromatic N) is 2. The topological polar surface area (TPSA) is 53.0 Å². The van der Waals surface area contributed by atoms with Crippen LogP contribution in [0.4, 0.5) is 4.39 Å². The second kappa shape index (κ2) is 8.65. The Kier molecular flexibility index (Phi) is 5.61. The third kappa shape index (κ3) is 4.01. The molecule has 0 radical (unpaired) electrons. The lowest BCUT2D eigenvalue weighted by atomic mass is 9.81. The standard InChI is InChI=1S/C28H33FN2O3/c29-25-17-20(4-6-24(25)27(33)31-13-9-23(32)18-31)19-5-7-26-21(16-19)8-10-28(34-26)11-14-30(15-12-28)22-2-1-3-22/h4-7,16-17,22-23,32H,1-3,8-15,18H2/t23-/m0/s1. The van der Waals surface area contributed by atoms with E-state index in [-0.39, 0.29) is 23.6 Å². The molecule has 1 saturated carbocycles. The van der Waals surface area contributed by atoms with E-state index in [1.54, 1.807) is 6.07 Å². The summed E-state index contributed by atoms with van der Waals surface area (Å²) in [7, 11) is 0. The van der Waals surface area contributed by atoms with Crippen molar-refractivity contribution in [3.05, 3.63) is 53.3 Å². The van der Waals surface area contributed by atoms with E-state index < -0.39 is 11.9 Å². The molecule has 3 aliphatic heterocycles. The van der Waals surface area contributed by atoms with Gasteiger partial charge in [0.25, 0.3) is 5.91 Å². The Hall–Kier alpha value is -2.44. The fourth-order valence-electron chi connectivity index (χ4n) is 6.07. The summed E-state index contributed by atoms with van der Waals surface area (Å²) in [4.78, 5) is 16.8. The van der Waals surface area contributed by atoms with Crippen molar-refractivity contribution in [2.75, 3.05) is 26.2 Å². The maximum Gasteiger partial charge on any atom is 0.256 e. The smallest absolute Gasteiger partial charge is 0.256 e. The Morgan fingerprint density at radius 2 is 1.76 bits per heavy atom. The van der Waals surface area contributed by atoms with Gasteiger partial charge in [-0.05, 0) is 85.9 Å². The molecular formula is C28H33FN2O3. The van der Waals surface area contributed by atoms with Crippen LogP contribution in [0.5, 0.6) is 5.75 Å². The number of β-amino-alcohol motifs (C(OH)–C–C–N with tert-alkyl or cyclic N) is 1. The Balaban J connectivity index is 1.16. The fraction of sp³-hybridized carbons (Fsp3) is 0.536. The number of piperidine rings is 1. The zero-order chi connectivity index (χ0) is 23.3. The molecule has 1 aliphatic carbocycles. The molecule has 3 heterocycles. The van der Waals surface area contributed by atoms with Gasteiger partial charge in [0.05, 0.1) is 11.7 Å². The van der Waals surface area contributed by atoms with Crippen LogP contribution in [0.15, 0.2) is 36.4 Å². The number of ether oxygens (including phenoxy) is 1. The van der Waals surface area contributed by atoms with Crippen LogP contribution in [-0.2, 0) is 6.42 Å². The van der Waals surface area contributed by atoms with E-state index >= 15 is 0 Å². The lowest BCUT2D eigenvalue weighted by Crippen LogP contribution is -2.53. The second-order valence-electron chi connectivity index (χ2n) is 10.6. The third-order valence-electron chi connectivity index (χ3n) is 8.52. The minimum Gasteiger partial charge on any atom is -0.487 e. The predicted octanol–water partition coefficient (Wildman–Crippen LogP) is 4.41. The zero-order valence-corrected chi connectivity index (χ0v) is 19.6. The van der Waals surface area contributed by atoms with Crippen molar-refractivity contribution in [3.8, 4) is 16.9 Å². The number of hydrogen-bond donors (Lipinski definition) is 1. The van der Waals surface area contributed by atoms with Gasteiger partial charge in [-0.3, -0.25) is 4.79 Å². The van der Waals surface area contributed by atoms with Crippen LogP contribution in [0.1, 0.15) is 60.9 Å². The maximum atomic E-state index is 14.9. The number of halogens is 1. The maximum absolute atomic E-state index is 14.9. The number of hydrogen-bond acceptors (Lipinski definition) is 4. The SMILES string of the molecule is O=C(c1ccc(-c2ccc3c(c2)CCC2(CCN(C4CCC4)CC2)O3)cc1F)N1CC[C@H](O)C1. The molecule has 1 N–H and O–H groups in total. The van der Waals surface area contributed by atoms with Gasteiger partial charge in [0, 0.05) is 32.2 Å². The van der Waals surface area contributed by atoms with Gasteiger partial charge >= 0.3 is 0 Å². The molecule has 4 aliphatic rings. The van der Waals surface area contributed by atoms with Crippen molar-refractivity contribution in [1.82, 2.24) is 9.80 Å². The van der Waals surface area contributed by atoms with Crippen LogP contribution < -0.4 is 4.74 Å². The Labute approximate surface area is 200 Å². The average Bonchev–Trinajstić information content (AvgIpc) is 3.25. The molecule has 3 fully saturated rings. The number of likely N-dealkylation sites (tertiary alicyclic amines) is 2. The monoisotopic (exact) mass is 464 g/mol. The molecule has 0 unspecified atom stereocenters. The molecular weight excluding hydrogens is 431 g/mol. The van der Waals surface area contributed by atoms with Crippen molar-refractivity contribution in [2.45, 2.75) is 69.1 Å². The first-order valence-electron chi connectivity index (χ1n) is 12.8. The van der Waals surface area contributed by atoms with Crippen molar-refractivity contribution < 1.29 is 19.0 Å². The van der Waals surface area contributed by atoms with E-state index in [0.29, 0.717) is 13.0 Å². The molecule has 1 amide bonds. The molecule has 6 heteroatoms. The first kappa shape index (κ1) is 22.1. The van der Waals surface area contributed by atoms with E-state index in [4.69, 9.17) is 4.74 Å². The number of aliphatic hydroxyl groups is 1. The van der Waals surface area contributed by atoms with Crippen LogP contribution in [0.2, 0.25) is 0 Å². The average molecular weight is 465 g/mol. The van der Waals surface area contributed by atoms with E-state index in [9.17, 15) is 14.3 Å². The molecule has 2 aromatic rings. The number of rotatable bonds is 3. The lowest BCUT2D eigenvalue weighted by molar-refractivity contribution is -0.0336. The van der Waals surface area contributed by atoms with E-state index in [0.717, 1.165) is 61.7 Å². The Bertz CT molecular complexity index is 1090. The predicted molar refractivity (Wildman–Crippen MR) is 128 cm³/mol. The van der Waals surface area contributed by atoms with Crippen molar-refractivity contribution in [2.24, 2.45) is 0 Å². The molecule has 180 valence electrons. The van der Waals surface area contributed by atoms with E-state index in [1.807, 2.05) is 18.2 Å². The normalized spacial score (nSPS) is 24.5. The van der Waals surface area contributed by atoms with E-state index in [2.05, 4.69) is 11.0 Å². The van der Waals surface area contributed by atoms with Crippen LogP contribution in [0, 0.1) is 5.82 Å². The second-order valence-corrected chi connectivity index (χ2v) is 10.6. The summed E-state index contributed by atoms with van der Waals surface area (Å²) in [5.41, 5.74) is 2.90. The summed E-state index contributed by atoms with van der Waals surface area (Å²) in [5.74, 6) is 0.0927. The summed E-state index contributed by atoms with van der Waals surface area (Å²) >= 11 is 0. The van der Waals surface area contributed by atoms with Gasteiger partial charge in [-0.15, -0.1) is 0 Å². The fourth-order valence-corrected chi connectivity index (χ4v) is 6.07. The highest BCUT2D eigenvalue weighted by atomic mass is 19.1. The van der Waals surface area contributed by atoms with Crippen molar-refractivity contribution in [3.63, 3.8) is 0 Å². The summed E-state index contributed by atoms with van der Waals surface area (Å²) in [5, 5.41) is 9.68. The van der Waals surface area contributed by atoms with Crippen LogP contribution in [-0.4, -0.2) is 64.7 Å². The van der Waals surface area contributed by atoms with Crippen molar-refractivity contribution in [1.29, 1.82) is 0 Å². The zero-order valence-electron chi connectivity index (χ0n) is 19.6. The number of benzene rings is 2. The number of aliphatic hydroxyl groups excluding tert-OH is 1. The van der Waals surface area contributed by atoms with Crippen molar-refractivity contribution >= 4 is 5.91 Å². The number of carbonyl (C=O) groups excluding carboxylic acids is 1. The molecule has 1 spiro atoms. The summed E-state index contributed by atoms with van der Waals surface area (Å²) in [6.45, 7) is 3.01. The van der Waals surface area contributed by atoms with Crippen LogP contribution >= 0.6 is 0 Å². The molecule has 0 aromatic heterocycles. The molecule has 1 atom stereocenters. The lowest BCUT2D eigenvalue weighted by Gasteiger charge is -2.48. The van der Waals surface area contributed by atoms with Crippen LogP contribution in [0.3, 0.4) is 0 Å². The summed E-state index contributed by atoms with van der Waals surface area (Å²) < 4.78 is 21.5. The number of carbonyl (C=O) groups is 1. The third-order valence-corrected chi connectivity index (χ3v) is 8.52. The van der Waals surface area contributed by atoms with Gasteiger partial charge in [0.15, 0.2) is 0 Å². The molecule has 5 nitrogen and oxygen atoms in total. The van der Waals surface area contributed by atoms with E-state index in [1.165, 1.54) is 35.8 Å². The van der Waals surface area contributed by atoms with Gasteiger partial charge in [-0.1, -0.05) is 18.6 Å². The summed E-state index contributed by atoms with van der Waals surface area (Å²) in [6, 6.07) is 11.8. The Morgan fingerprint density at radius 1 is 1.00 bits per heavy atom. The largest absolute Gasteiger partial charge is 0.487 e. The quantitative estimate of drug-likeness (QED) is 0.731. The van der Waals surface area contributed by atoms with Gasteiger partial charge in [0.1, 0.15) is 17.2 Å². The minimum atomic E-state index is -0.518.